The Morgan fingerprint density at radius 2 is 2.07 bits per heavy atom. The molecule has 1 unspecified atom stereocenters. The molecule has 2 aromatic rings. The number of rotatable bonds is 8. The first-order valence-corrected chi connectivity index (χ1v) is 11.1. The quantitative estimate of drug-likeness (QED) is 0.662. The van der Waals surface area contributed by atoms with Crippen LogP contribution in [0.15, 0.2) is 30.5 Å². The van der Waals surface area contributed by atoms with Crippen LogP contribution in [0, 0.1) is 5.92 Å². The summed E-state index contributed by atoms with van der Waals surface area (Å²) in [5, 5.41) is 1.25. The minimum absolute atomic E-state index is 0.113. The van der Waals surface area contributed by atoms with Crippen LogP contribution in [-0.4, -0.2) is 65.8 Å². The maximum absolute atomic E-state index is 13.4. The molecule has 0 bridgehead atoms. The average Bonchev–Trinajstić information content (AvgIpc) is 3.12. The summed E-state index contributed by atoms with van der Waals surface area (Å²) in [4.78, 5) is 17.2. The number of benzene rings is 1. The largest absolute Gasteiger partial charge is 0.361 e. The molecule has 5 nitrogen and oxygen atoms in total. The molecule has 1 aromatic carbocycles. The van der Waals surface area contributed by atoms with E-state index in [9.17, 15) is 9.18 Å². The number of nitrogens with zero attached hydrogens (tertiary/aromatic N) is 3. The van der Waals surface area contributed by atoms with E-state index in [1.807, 2.05) is 25.7 Å². The van der Waals surface area contributed by atoms with Crippen LogP contribution >= 0.6 is 0 Å². The number of alkyl halides is 1. The molecular formula is C24H32FN3O2. The average molecular weight is 414 g/mol. The Hall–Kier alpha value is -2.18. The van der Waals surface area contributed by atoms with Crippen LogP contribution in [0.1, 0.15) is 31.9 Å². The molecule has 1 amide bonds. The number of carbonyl (C=O) groups excluding carboxylic acids is 1. The van der Waals surface area contributed by atoms with Crippen LogP contribution in [0.4, 0.5) is 4.39 Å². The Kier molecular flexibility index (Phi) is 6.25. The van der Waals surface area contributed by atoms with Crippen LogP contribution in [0.25, 0.3) is 16.5 Å². The zero-order valence-corrected chi connectivity index (χ0v) is 18.2. The number of amides is 1. The summed E-state index contributed by atoms with van der Waals surface area (Å²) in [6, 6.07) is 6.46. The molecule has 2 heterocycles. The number of aromatic nitrogens is 1. The molecule has 6 heteroatoms. The van der Waals surface area contributed by atoms with E-state index in [-0.39, 0.29) is 17.9 Å². The first-order chi connectivity index (χ1) is 14.6. The van der Waals surface area contributed by atoms with Gasteiger partial charge in [-0.1, -0.05) is 18.2 Å². The van der Waals surface area contributed by atoms with Gasteiger partial charge in [0.1, 0.15) is 13.4 Å². The smallest absolute Gasteiger partial charge is 0.230 e. The Morgan fingerprint density at radius 3 is 2.77 bits per heavy atom. The summed E-state index contributed by atoms with van der Waals surface area (Å²) in [6.45, 7) is 9.13. The molecule has 30 heavy (non-hydrogen) atoms. The number of hydrogen-bond acceptors (Lipinski definition) is 3. The second-order valence-electron chi connectivity index (χ2n) is 8.09. The van der Waals surface area contributed by atoms with Crippen molar-refractivity contribution in [2.45, 2.75) is 40.0 Å². The van der Waals surface area contributed by atoms with Crippen molar-refractivity contribution in [1.29, 1.82) is 0 Å². The highest BCUT2D eigenvalue weighted by molar-refractivity contribution is 5.99. The van der Waals surface area contributed by atoms with E-state index in [4.69, 9.17) is 4.74 Å². The lowest BCUT2D eigenvalue weighted by molar-refractivity contribution is -0.134. The normalized spacial score (nSPS) is 20.9. The topological polar surface area (TPSA) is 37.7 Å². The standard InChI is InChI=1S/C24H32FN3O2/c1-4-26(5-2)24(29)18-12-20-19-8-7-9-21-23(19)17(14-28(21)16-30-6-3)13-22(20)27(15-18)11-10-25/h7-9,12,14,18,22H,4-6,10-11,13,15-16H2,1-3H3/t18?,22-/m1/s1. The highest BCUT2D eigenvalue weighted by atomic mass is 19.1. The van der Waals surface area contributed by atoms with E-state index in [1.165, 1.54) is 22.1 Å². The third kappa shape index (κ3) is 3.56. The number of fused-ring (bicyclic) bond motifs is 2. The zero-order chi connectivity index (χ0) is 21.3. The summed E-state index contributed by atoms with van der Waals surface area (Å²) < 4.78 is 21.3. The second kappa shape index (κ2) is 8.90. The lowest BCUT2D eigenvalue weighted by atomic mass is 9.79. The number of carbonyl (C=O) groups is 1. The fourth-order valence-corrected chi connectivity index (χ4v) is 5.08. The van der Waals surface area contributed by atoms with Crippen LogP contribution < -0.4 is 0 Å². The summed E-state index contributed by atoms with van der Waals surface area (Å²) in [5.41, 5.74) is 4.78. The monoisotopic (exact) mass is 413 g/mol. The molecule has 1 aromatic heterocycles. The minimum Gasteiger partial charge on any atom is -0.361 e. The van der Waals surface area contributed by atoms with Gasteiger partial charge in [-0.3, -0.25) is 9.69 Å². The van der Waals surface area contributed by atoms with E-state index in [1.54, 1.807) is 0 Å². The number of ether oxygens (including phenoxy) is 1. The summed E-state index contributed by atoms with van der Waals surface area (Å²) in [5.74, 6) is -0.0910. The Bertz CT molecular complexity index is 947. The predicted molar refractivity (Wildman–Crippen MR) is 118 cm³/mol. The molecule has 0 radical (unpaired) electrons. The molecule has 0 N–H and O–H groups in total. The van der Waals surface area contributed by atoms with Crippen LogP contribution in [0.5, 0.6) is 0 Å². The van der Waals surface area contributed by atoms with Gasteiger partial charge >= 0.3 is 0 Å². The van der Waals surface area contributed by atoms with Crippen molar-refractivity contribution in [3.05, 3.63) is 41.6 Å². The van der Waals surface area contributed by atoms with Gasteiger partial charge in [-0.05, 0) is 50.0 Å². The Morgan fingerprint density at radius 1 is 1.27 bits per heavy atom. The van der Waals surface area contributed by atoms with Gasteiger partial charge in [0, 0.05) is 50.4 Å². The molecule has 1 aliphatic heterocycles. The fraction of sp³-hybridized carbons (Fsp3) is 0.542. The molecule has 4 rings (SSSR count). The summed E-state index contributed by atoms with van der Waals surface area (Å²) in [7, 11) is 0. The molecule has 0 fully saturated rings. The van der Waals surface area contributed by atoms with Gasteiger partial charge in [-0.15, -0.1) is 0 Å². The van der Waals surface area contributed by atoms with Crippen LogP contribution in [-0.2, 0) is 22.7 Å². The highest BCUT2D eigenvalue weighted by Gasteiger charge is 2.38. The second-order valence-corrected chi connectivity index (χ2v) is 8.09. The molecule has 0 saturated heterocycles. The predicted octanol–water partition coefficient (Wildman–Crippen LogP) is 3.71. The van der Waals surface area contributed by atoms with Gasteiger partial charge in [0.05, 0.1) is 11.4 Å². The van der Waals surface area contributed by atoms with E-state index >= 15 is 0 Å². The van der Waals surface area contributed by atoms with Crippen molar-refractivity contribution in [3.63, 3.8) is 0 Å². The van der Waals surface area contributed by atoms with Gasteiger partial charge < -0.3 is 14.2 Å². The maximum atomic E-state index is 13.4. The van der Waals surface area contributed by atoms with Crippen molar-refractivity contribution in [2.75, 3.05) is 39.5 Å². The molecule has 2 aliphatic rings. The van der Waals surface area contributed by atoms with E-state index in [0.717, 1.165) is 11.9 Å². The van der Waals surface area contributed by atoms with E-state index in [2.05, 4.69) is 39.9 Å². The zero-order valence-electron chi connectivity index (χ0n) is 18.2. The van der Waals surface area contributed by atoms with Gasteiger partial charge in [0.25, 0.3) is 0 Å². The minimum atomic E-state index is -0.404. The lowest BCUT2D eigenvalue weighted by Gasteiger charge is -2.42. The SMILES string of the molecule is CCOCn1cc2c3c(cccc31)C1=CC(C(=O)N(CC)CC)CN(CCF)[C@@H]1C2. The third-order valence-corrected chi connectivity index (χ3v) is 6.52. The maximum Gasteiger partial charge on any atom is 0.230 e. The van der Waals surface area contributed by atoms with Crippen molar-refractivity contribution >= 4 is 22.4 Å². The van der Waals surface area contributed by atoms with Crippen molar-refractivity contribution < 1.29 is 13.9 Å². The van der Waals surface area contributed by atoms with Gasteiger partial charge in [0.15, 0.2) is 0 Å². The molecule has 1 aliphatic carbocycles. The fourth-order valence-electron chi connectivity index (χ4n) is 5.08. The first kappa shape index (κ1) is 21.1. The van der Waals surface area contributed by atoms with Crippen molar-refractivity contribution in [3.8, 4) is 0 Å². The Labute approximate surface area is 178 Å². The first-order valence-electron chi connectivity index (χ1n) is 11.1. The number of hydrogen-bond donors (Lipinski definition) is 0. The summed E-state index contributed by atoms with van der Waals surface area (Å²) >= 11 is 0. The van der Waals surface area contributed by atoms with E-state index < -0.39 is 6.67 Å². The van der Waals surface area contributed by atoms with Gasteiger partial charge in [-0.2, -0.15) is 0 Å². The molecule has 2 atom stereocenters. The summed E-state index contributed by atoms with van der Waals surface area (Å²) in [6.07, 6.45) is 5.18. The molecule has 162 valence electrons. The number of halogens is 1. The van der Waals surface area contributed by atoms with Gasteiger partial charge in [-0.25, -0.2) is 4.39 Å². The Balaban J connectivity index is 1.79. The molecule has 0 saturated carbocycles. The van der Waals surface area contributed by atoms with Crippen LogP contribution in [0.3, 0.4) is 0 Å². The van der Waals surface area contributed by atoms with Crippen molar-refractivity contribution in [1.82, 2.24) is 14.4 Å². The third-order valence-electron chi connectivity index (χ3n) is 6.52. The van der Waals surface area contributed by atoms with Crippen molar-refractivity contribution in [2.24, 2.45) is 5.92 Å². The van der Waals surface area contributed by atoms with E-state index in [0.29, 0.717) is 39.5 Å². The molecule has 0 spiro atoms. The van der Waals surface area contributed by atoms with Gasteiger partial charge in [0.2, 0.25) is 5.91 Å². The lowest BCUT2D eigenvalue weighted by Crippen LogP contribution is -2.49. The van der Waals surface area contributed by atoms with Crippen LogP contribution in [0.2, 0.25) is 0 Å². The highest BCUT2D eigenvalue weighted by Crippen LogP contribution is 2.42. The molecular weight excluding hydrogens is 381 g/mol.